The maximum absolute atomic E-state index is 12.3. The van der Waals surface area contributed by atoms with Crippen LogP contribution in [0.25, 0.3) is 0 Å². The van der Waals surface area contributed by atoms with E-state index in [1.807, 2.05) is 10.8 Å². The third-order valence-electron chi connectivity index (χ3n) is 4.44. The first-order valence-corrected chi connectivity index (χ1v) is 8.51. The molecule has 2 heterocycles. The maximum Gasteiger partial charge on any atom is 0.317 e. The SMILES string of the molecule is O=C(NCCCn1ccnc1)C1CCCN(C(=O)NC2CC2)C1. The molecular formula is C16H25N5O2. The van der Waals surface area contributed by atoms with Crippen molar-refractivity contribution in [3.05, 3.63) is 18.7 Å². The van der Waals surface area contributed by atoms with E-state index in [-0.39, 0.29) is 17.9 Å². The van der Waals surface area contributed by atoms with Gasteiger partial charge in [-0.3, -0.25) is 4.79 Å². The number of aryl methyl sites for hydroxylation is 1. The molecule has 1 aromatic rings. The summed E-state index contributed by atoms with van der Waals surface area (Å²) in [6, 6.07) is 0.352. The third kappa shape index (κ3) is 4.71. The van der Waals surface area contributed by atoms with Gasteiger partial charge in [0.1, 0.15) is 0 Å². The number of rotatable bonds is 6. The lowest BCUT2D eigenvalue weighted by atomic mass is 9.97. The number of amides is 3. The molecule has 1 aliphatic heterocycles. The average Bonchev–Trinajstić information content (AvgIpc) is 3.23. The Morgan fingerprint density at radius 3 is 2.87 bits per heavy atom. The highest BCUT2D eigenvalue weighted by molar-refractivity contribution is 5.81. The fraction of sp³-hybridized carbons (Fsp3) is 0.688. The molecule has 2 fully saturated rings. The molecule has 1 aliphatic carbocycles. The van der Waals surface area contributed by atoms with Crippen molar-refractivity contribution in [1.82, 2.24) is 25.1 Å². The number of carbonyl (C=O) groups excluding carboxylic acids is 2. The quantitative estimate of drug-likeness (QED) is 0.767. The van der Waals surface area contributed by atoms with Crippen LogP contribution in [-0.4, -0.2) is 52.1 Å². The second-order valence-electron chi connectivity index (χ2n) is 6.45. The molecule has 1 aromatic heterocycles. The monoisotopic (exact) mass is 319 g/mol. The molecular weight excluding hydrogens is 294 g/mol. The minimum Gasteiger partial charge on any atom is -0.356 e. The van der Waals surface area contributed by atoms with Crippen molar-refractivity contribution >= 4 is 11.9 Å². The number of piperidine rings is 1. The van der Waals surface area contributed by atoms with Gasteiger partial charge in [-0.15, -0.1) is 0 Å². The Bertz CT molecular complexity index is 527. The predicted octanol–water partition coefficient (Wildman–Crippen LogP) is 0.973. The second kappa shape index (κ2) is 7.48. The highest BCUT2D eigenvalue weighted by Crippen LogP contribution is 2.21. The first-order chi connectivity index (χ1) is 11.2. The van der Waals surface area contributed by atoms with Gasteiger partial charge < -0.3 is 20.1 Å². The second-order valence-corrected chi connectivity index (χ2v) is 6.45. The number of imidazole rings is 1. The first kappa shape index (κ1) is 15.8. The molecule has 3 rings (SSSR count). The zero-order chi connectivity index (χ0) is 16.1. The van der Waals surface area contributed by atoms with Crippen molar-refractivity contribution in [2.45, 2.75) is 44.7 Å². The number of hydrogen-bond acceptors (Lipinski definition) is 3. The van der Waals surface area contributed by atoms with Crippen LogP contribution in [0.3, 0.4) is 0 Å². The topological polar surface area (TPSA) is 79.3 Å². The molecule has 23 heavy (non-hydrogen) atoms. The maximum atomic E-state index is 12.3. The van der Waals surface area contributed by atoms with Gasteiger partial charge in [-0.1, -0.05) is 0 Å². The molecule has 2 N–H and O–H groups in total. The zero-order valence-corrected chi connectivity index (χ0v) is 13.4. The van der Waals surface area contributed by atoms with Crippen LogP contribution in [0.1, 0.15) is 32.1 Å². The van der Waals surface area contributed by atoms with Crippen molar-refractivity contribution in [3.63, 3.8) is 0 Å². The summed E-state index contributed by atoms with van der Waals surface area (Å²) in [5.74, 6) is -0.0125. The first-order valence-electron chi connectivity index (χ1n) is 8.51. The van der Waals surface area contributed by atoms with Crippen LogP contribution in [0.2, 0.25) is 0 Å². The van der Waals surface area contributed by atoms with Gasteiger partial charge in [0.15, 0.2) is 0 Å². The van der Waals surface area contributed by atoms with Gasteiger partial charge in [0.25, 0.3) is 0 Å². The molecule has 1 saturated heterocycles. The van der Waals surface area contributed by atoms with Gasteiger partial charge in [-0.25, -0.2) is 9.78 Å². The van der Waals surface area contributed by atoms with Gasteiger partial charge in [-0.05, 0) is 32.1 Å². The fourth-order valence-corrected chi connectivity index (χ4v) is 2.91. The molecule has 7 nitrogen and oxygen atoms in total. The Labute approximate surface area is 136 Å². The summed E-state index contributed by atoms with van der Waals surface area (Å²) in [5.41, 5.74) is 0. The van der Waals surface area contributed by atoms with E-state index < -0.39 is 0 Å². The van der Waals surface area contributed by atoms with Crippen molar-refractivity contribution in [2.75, 3.05) is 19.6 Å². The number of nitrogens with one attached hydrogen (secondary N) is 2. The molecule has 0 spiro atoms. The Kier molecular flexibility index (Phi) is 5.15. The summed E-state index contributed by atoms with van der Waals surface area (Å²) in [5, 5.41) is 5.99. The number of nitrogens with zero attached hydrogens (tertiary/aromatic N) is 3. The third-order valence-corrected chi connectivity index (χ3v) is 4.44. The van der Waals surface area contributed by atoms with E-state index in [4.69, 9.17) is 0 Å². The molecule has 1 unspecified atom stereocenters. The minimum absolute atomic E-state index is 0.00916. The molecule has 7 heteroatoms. The van der Waals surface area contributed by atoms with Crippen LogP contribution in [0, 0.1) is 5.92 Å². The van der Waals surface area contributed by atoms with Gasteiger partial charge >= 0.3 is 6.03 Å². The van der Waals surface area contributed by atoms with Crippen LogP contribution in [0.15, 0.2) is 18.7 Å². The molecule has 1 atom stereocenters. The van der Waals surface area contributed by atoms with Crippen molar-refractivity contribution in [1.29, 1.82) is 0 Å². The van der Waals surface area contributed by atoms with Crippen molar-refractivity contribution < 1.29 is 9.59 Å². The lowest BCUT2D eigenvalue weighted by Gasteiger charge is -2.32. The Hall–Kier alpha value is -2.05. The Balaban J connectivity index is 1.37. The Morgan fingerprint density at radius 2 is 2.13 bits per heavy atom. The predicted molar refractivity (Wildman–Crippen MR) is 85.7 cm³/mol. The van der Waals surface area contributed by atoms with Crippen LogP contribution >= 0.6 is 0 Å². The number of hydrogen-bond donors (Lipinski definition) is 2. The zero-order valence-electron chi connectivity index (χ0n) is 13.4. The van der Waals surface area contributed by atoms with Crippen molar-refractivity contribution in [2.24, 2.45) is 5.92 Å². The summed E-state index contributed by atoms with van der Waals surface area (Å²) in [7, 11) is 0. The van der Waals surface area contributed by atoms with E-state index >= 15 is 0 Å². The fourth-order valence-electron chi connectivity index (χ4n) is 2.91. The van der Waals surface area contributed by atoms with Crippen LogP contribution in [0.4, 0.5) is 4.79 Å². The summed E-state index contributed by atoms with van der Waals surface area (Å²) in [6.45, 7) is 2.79. The van der Waals surface area contributed by atoms with Crippen molar-refractivity contribution in [3.8, 4) is 0 Å². The summed E-state index contributed by atoms with van der Waals surface area (Å²) < 4.78 is 2.00. The minimum atomic E-state index is -0.0815. The van der Waals surface area contributed by atoms with Gasteiger partial charge in [0.05, 0.1) is 12.2 Å². The standard InChI is InChI=1S/C16H25N5O2/c22-15(18-6-2-8-20-10-7-17-12-20)13-3-1-9-21(11-13)16(23)19-14-4-5-14/h7,10,12-14H,1-6,8-9,11H2,(H,18,22)(H,19,23). The average molecular weight is 319 g/mol. The normalized spacial score (nSPS) is 21.0. The van der Waals surface area contributed by atoms with E-state index in [2.05, 4.69) is 15.6 Å². The van der Waals surface area contributed by atoms with Gasteiger partial charge in [0, 0.05) is 44.6 Å². The van der Waals surface area contributed by atoms with Crippen LogP contribution < -0.4 is 10.6 Å². The lowest BCUT2D eigenvalue weighted by molar-refractivity contribution is -0.126. The Morgan fingerprint density at radius 1 is 1.26 bits per heavy atom. The summed E-state index contributed by atoms with van der Waals surface area (Å²) in [6.07, 6.45) is 10.2. The molecule has 126 valence electrons. The highest BCUT2D eigenvalue weighted by atomic mass is 16.2. The lowest BCUT2D eigenvalue weighted by Crippen LogP contribution is -2.49. The summed E-state index contributed by atoms with van der Waals surface area (Å²) in [4.78, 5) is 30.1. The molecule has 1 saturated carbocycles. The molecule has 3 amide bonds. The number of urea groups is 1. The van der Waals surface area contributed by atoms with E-state index in [1.165, 1.54) is 0 Å². The largest absolute Gasteiger partial charge is 0.356 e. The van der Waals surface area contributed by atoms with E-state index in [0.717, 1.165) is 45.2 Å². The van der Waals surface area contributed by atoms with E-state index in [9.17, 15) is 9.59 Å². The van der Waals surface area contributed by atoms with E-state index in [1.54, 1.807) is 17.4 Å². The van der Waals surface area contributed by atoms with Crippen LogP contribution in [-0.2, 0) is 11.3 Å². The van der Waals surface area contributed by atoms with E-state index in [0.29, 0.717) is 19.1 Å². The smallest absolute Gasteiger partial charge is 0.317 e. The molecule has 2 aliphatic rings. The molecule has 0 radical (unpaired) electrons. The molecule has 0 bridgehead atoms. The van der Waals surface area contributed by atoms with Gasteiger partial charge in [-0.2, -0.15) is 0 Å². The van der Waals surface area contributed by atoms with Gasteiger partial charge in [0.2, 0.25) is 5.91 Å². The number of aromatic nitrogens is 2. The number of likely N-dealkylation sites (tertiary alicyclic amines) is 1. The van der Waals surface area contributed by atoms with Crippen LogP contribution in [0.5, 0.6) is 0 Å². The molecule has 0 aromatic carbocycles. The highest BCUT2D eigenvalue weighted by Gasteiger charge is 2.31. The number of carbonyl (C=O) groups is 2. The summed E-state index contributed by atoms with van der Waals surface area (Å²) >= 11 is 0.